The molecule has 0 bridgehead atoms. The number of nitrogens with one attached hydrogen (secondary N) is 3. The Labute approximate surface area is 232 Å². The number of amides is 3. The maximum absolute atomic E-state index is 13.1. The van der Waals surface area contributed by atoms with Gasteiger partial charge in [-0.3, -0.25) is 9.78 Å². The second kappa shape index (κ2) is 12.0. The summed E-state index contributed by atoms with van der Waals surface area (Å²) in [7, 11) is 0. The topological polar surface area (TPSA) is 86.4 Å². The van der Waals surface area contributed by atoms with Gasteiger partial charge in [-0.05, 0) is 55.3 Å². The van der Waals surface area contributed by atoms with Crippen molar-refractivity contribution in [3.05, 3.63) is 107 Å². The van der Waals surface area contributed by atoms with Gasteiger partial charge in [0, 0.05) is 41.1 Å². The molecule has 0 unspecified atom stereocenters. The quantitative estimate of drug-likeness (QED) is 0.185. The second-order valence-corrected chi connectivity index (χ2v) is 9.92. The average Bonchev–Trinajstić information content (AvgIpc) is 2.95. The molecule has 1 aliphatic rings. The first kappa shape index (κ1) is 26.3. The molecule has 2 heterocycles. The molecule has 7 nitrogen and oxygen atoms in total. The maximum atomic E-state index is 13.1. The fraction of sp³-hybridized carbons (Fsp3) is 0.194. The smallest absolute Gasteiger partial charge is 0.315 e. The molecule has 0 spiro atoms. The number of nitrogens with zero attached hydrogens (tertiary/aromatic N) is 2. The minimum atomic E-state index is -0.639. The third kappa shape index (κ3) is 6.21. The van der Waals surface area contributed by atoms with Gasteiger partial charge in [0.25, 0.3) is 5.91 Å². The van der Waals surface area contributed by atoms with Crippen LogP contribution in [0.2, 0.25) is 5.02 Å². The minimum absolute atomic E-state index is 0.136. The van der Waals surface area contributed by atoms with E-state index in [2.05, 4.69) is 20.9 Å². The lowest BCUT2D eigenvalue weighted by Gasteiger charge is -2.45. The van der Waals surface area contributed by atoms with Gasteiger partial charge in [-0.25, -0.2) is 4.79 Å². The summed E-state index contributed by atoms with van der Waals surface area (Å²) in [6, 6.07) is 24.0. The molecule has 5 rings (SSSR count). The largest absolute Gasteiger partial charge is 0.384 e. The van der Waals surface area contributed by atoms with Crippen LogP contribution in [-0.2, 0) is 4.79 Å². The molecule has 8 heteroatoms. The molecular weight excluding hydrogens is 510 g/mol. The summed E-state index contributed by atoms with van der Waals surface area (Å²) in [4.78, 5) is 31.9. The predicted octanol–water partition coefficient (Wildman–Crippen LogP) is 5.80. The molecule has 2 atom stereocenters. The van der Waals surface area contributed by atoms with E-state index in [-0.39, 0.29) is 18.0 Å². The van der Waals surface area contributed by atoms with Gasteiger partial charge in [-0.2, -0.15) is 0 Å². The maximum Gasteiger partial charge on any atom is 0.315 e. The van der Waals surface area contributed by atoms with Crippen molar-refractivity contribution in [2.24, 2.45) is 0 Å². The summed E-state index contributed by atoms with van der Waals surface area (Å²) < 4.78 is 0. The van der Waals surface area contributed by atoms with Crippen LogP contribution in [0.3, 0.4) is 0 Å². The number of aryl methyl sites for hydroxylation is 1. The molecule has 1 aromatic heterocycles. The number of urea groups is 1. The fourth-order valence-corrected chi connectivity index (χ4v) is 4.78. The van der Waals surface area contributed by atoms with Gasteiger partial charge in [0.05, 0.1) is 11.6 Å². The monoisotopic (exact) mass is 539 g/mol. The number of β-lactam (4-membered cyclic amide) rings is 1. The predicted molar refractivity (Wildman–Crippen MR) is 158 cm³/mol. The van der Waals surface area contributed by atoms with E-state index < -0.39 is 6.04 Å². The first-order chi connectivity index (χ1) is 19.0. The van der Waals surface area contributed by atoms with E-state index in [1.165, 1.54) is 0 Å². The Bertz CT molecular complexity index is 1490. The van der Waals surface area contributed by atoms with E-state index in [1.807, 2.05) is 97.9 Å². The zero-order valence-electron chi connectivity index (χ0n) is 21.6. The van der Waals surface area contributed by atoms with Crippen molar-refractivity contribution in [3.63, 3.8) is 0 Å². The highest BCUT2D eigenvalue weighted by atomic mass is 35.5. The first-order valence-electron chi connectivity index (χ1n) is 12.9. The number of carbonyl (C=O) groups is 2. The highest BCUT2D eigenvalue weighted by molar-refractivity contribution is 6.31. The second-order valence-electron chi connectivity index (χ2n) is 9.48. The first-order valence-corrected chi connectivity index (χ1v) is 13.3. The van der Waals surface area contributed by atoms with Crippen molar-refractivity contribution in [2.45, 2.75) is 25.4 Å². The van der Waals surface area contributed by atoms with Crippen LogP contribution in [0.5, 0.6) is 0 Å². The van der Waals surface area contributed by atoms with Gasteiger partial charge in [0.2, 0.25) is 0 Å². The van der Waals surface area contributed by atoms with Gasteiger partial charge in [0.15, 0.2) is 0 Å². The standard InChI is InChI=1S/C31H30ClN5O2/c1-21-8-12-24(13-9-21)37-28(15-10-22-6-3-2-4-7-22)29(30(37)38)36-31(39)35-18-5-17-33-26-16-19-34-27-20-23(32)11-14-25(26)27/h2-4,6-16,19-20,28-29H,5,17-18H2,1H3,(H,33,34)(H2,35,36,39)/b15-10+/t28-,29+/m0/s1. The normalized spacial score (nSPS) is 16.8. The van der Waals surface area contributed by atoms with Crippen molar-refractivity contribution in [1.29, 1.82) is 0 Å². The molecule has 4 aromatic rings. The Morgan fingerprint density at radius 2 is 1.82 bits per heavy atom. The van der Waals surface area contributed by atoms with Crippen LogP contribution in [-0.4, -0.2) is 42.1 Å². The number of anilines is 2. The Morgan fingerprint density at radius 1 is 1.03 bits per heavy atom. The van der Waals surface area contributed by atoms with Crippen molar-refractivity contribution in [3.8, 4) is 0 Å². The minimum Gasteiger partial charge on any atom is -0.384 e. The Morgan fingerprint density at radius 3 is 2.62 bits per heavy atom. The molecule has 39 heavy (non-hydrogen) atoms. The van der Waals surface area contributed by atoms with Crippen molar-refractivity contribution in [2.75, 3.05) is 23.3 Å². The molecule has 1 fully saturated rings. The van der Waals surface area contributed by atoms with Crippen LogP contribution in [0.1, 0.15) is 17.5 Å². The van der Waals surface area contributed by atoms with Crippen LogP contribution in [0, 0.1) is 6.92 Å². The van der Waals surface area contributed by atoms with Gasteiger partial charge < -0.3 is 20.9 Å². The van der Waals surface area contributed by atoms with Crippen molar-refractivity contribution in [1.82, 2.24) is 15.6 Å². The molecule has 198 valence electrons. The Balaban J connectivity index is 1.16. The van der Waals surface area contributed by atoms with E-state index in [0.717, 1.165) is 33.4 Å². The molecule has 1 aliphatic heterocycles. The van der Waals surface area contributed by atoms with Gasteiger partial charge in [-0.1, -0.05) is 71.8 Å². The van der Waals surface area contributed by atoms with E-state index in [4.69, 9.17) is 11.6 Å². The van der Waals surface area contributed by atoms with E-state index in [0.29, 0.717) is 24.5 Å². The van der Waals surface area contributed by atoms with Crippen molar-refractivity contribution < 1.29 is 9.59 Å². The van der Waals surface area contributed by atoms with Gasteiger partial charge in [-0.15, -0.1) is 0 Å². The number of fused-ring (bicyclic) bond motifs is 1. The van der Waals surface area contributed by atoms with Crippen LogP contribution < -0.4 is 20.9 Å². The number of benzene rings is 3. The average molecular weight is 540 g/mol. The van der Waals surface area contributed by atoms with E-state index in [1.54, 1.807) is 11.1 Å². The number of carbonyl (C=O) groups excluding carboxylic acids is 2. The molecule has 0 saturated carbocycles. The lowest BCUT2D eigenvalue weighted by Crippen LogP contribution is -2.71. The molecule has 3 amide bonds. The SMILES string of the molecule is Cc1ccc(N2C(=O)[C@H](NC(=O)NCCCNc3ccnc4cc(Cl)ccc34)[C@@H]2/C=C/c2ccccc2)cc1. The van der Waals surface area contributed by atoms with Crippen LogP contribution >= 0.6 is 11.6 Å². The van der Waals surface area contributed by atoms with E-state index >= 15 is 0 Å². The number of pyridine rings is 1. The van der Waals surface area contributed by atoms with Crippen LogP contribution in [0.25, 0.3) is 17.0 Å². The highest BCUT2D eigenvalue weighted by Gasteiger charge is 2.47. The molecule has 1 saturated heterocycles. The summed E-state index contributed by atoms with van der Waals surface area (Å²) in [6.45, 7) is 3.13. The highest BCUT2D eigenvalue weighted by Crippen LogP contribution is 2.30. The van der Waals surface area contributed by atoms with Gasteiger partial charge in [0.1, 0.15) is 6.04 Å². The van der Waals surface area contributed by atoms with Gasteiger partial charge >= 0.3 is 6.03 Å². The Kier molecular flexibility index (Phi) is 8.08. The third-order valence-corrected chi connectivity index (χ3v) is 6.92. The van der Waals surface area contributed by atoms with Crippen LogP contribution in [0.4, 0.5) is 16.2 Å². The summed E-state index contributed by atoms with van der Waals surface area (Å²) in [5.74, 6) is -0.136. The summed E-state index contributed by atoms with van der Waals surface area (Å²) in [5, 5.41) is 10.8. The number of rotatable bonds is 9. The molecular formula is C31H30ClN5O2. The zero-order valence-corrected chi connectivity index (χ0v) is 22.4. The lowest BCUT2D eigenvalue weighted by atomic mass is 9.92. The Hall–Kier alpha value is -4.36. The van der Waals surface area contributed by atoms with E-state index in [9.17, 15) is 9.59 Å². The number of hydrogen-bond donors (Lipinski definition) is 3. The number of aromatic nitrogens is 1. The third-order valence-electron chi connectivity index (χ3n) is 6.69. The summed E-state index contributed by atoms with van der Waals surface area (Å²) >= 11 is 6.07. The zero-order chi connectivity index (χ0) is 27.2. The molecule has 3 N–H and O–H groups in total. The number of halogens is 1. The van der Waals surface area contributed by atoms with Crippen LogP contribution in [0.15, 0.2) is 91.1 Å². The number of hydrogen-bond acceptors (Lipinski definition) is 4. The lowest BCUT2D eigenvalue weighted by molar-refractivity contribution is -0.125. The molecule has 0 radical (unpaired) electrons. The molecule has 3 aromatic carbocycles. The van der Waals surface area contributed by atoms with Crippen molar-refractivity contribution >= 4 is 51.9 Å². The fourth-order valence-electron chi connectivity index (χ4n) is 4.61. The molecule has 0 aliphatic carbocycles. The summed E-state index contributed by atoms with van der Waals surface area (Å²) in [6.07, 6.45) is 6.39. The summed E-state index contributed by atoms with van der Waals surface area (Å²) in [5.41, 5.74) is 4.74.